The lowest BCUT2D eigenvalue weighted by Gasteiger charge is -2.03. The molecular formula is C10H15BrO2. The third kappa shape index (κ3) is 3.51. The summed E-state index contributed by atoms with van der Waals surface area (Å²) < 4.78 is 5.44. The summed E-state index contributed by atoms with van der Waals surface area (Å²) in [6.07, 6.45) is 6.96. The summed E-state index contributed by atoms with van der Waals surface area (Å²) in [7, 11) is 0. The van der Waals surface area contributed by atoms with Gasteiger partial charge in [0.1, 0.15) is 0 Å². The predicted octanol–water partition coefficient (Wildman–Crippen LogP) is 3.02. The Labute approximate surface area is 87.5 Å². The number of rotatable bonds is 3. The van der Waals surface area contributed by atoms with Crippen molar-refractivity contribution in [3.8, 4) is 0 Å². The topological polar surface area (TPSA) is 26.3 Å². The molecule has 13 heavy (non-hydrogen) atoms. The van der Waals surface area contributed by atoms with E-state index >= 15 is 0 Å². The molecule has 0 aromatic rings. The highest BCUT2D eigenvalue weighted by atomic mass is 79.9. The lowest BCUT2D eigenvalue weighted by Crippen LogP contribution is -2.04. The largest absolute Gasteiger partial charge is 0.462 e. The van der Waals surface area contributed by atoms with Crippen LogP contribution in [-0.4, -0.2) is 12.6 Å². The molecule has 0 amide bonds. The van der Waals surface area contributed by atoms with Crippen molar-refractivity contribution in [1.82, 2.24) is 0 Å². The maximum atomic E-state index is 11.2. The monoisotopic (exact) mass is 246 g/mol. The molecule has 1 saturated carbocycles. The molecule has 0 radical (unpaired) electrons. The van der Waals surface area contributed by atoms with Crippen molar-refractivity contribution < 1.29 is 9.53 Å². The van der Waals surface area contributed by atoms with Crippen LogP contribution in [0.2, 0.25) is 0 Å². The summed E-state index contributed by atoms with van der Waals surface area (Å²) in [6.45, 7) is 2.25. The lowest BCUT2D eigenvalue weighted by molar-refractivity contribution is -0.137. The van der Waals surface area contributed by atoms with E-state index in [1.54, 1.807) is 0 Å². The Balaban J connectivity index is 2.44. The van der Waals surface area contributed by atoms with Gasteiger partial charge < -0.3 is 4.74 Å². The Bertz CT molecular complexity index is 205. The highest BCUT2D eigenvalue weighted by Gasteiger charge is 2.15. The molecule has 0 heterocycles. The minimum absolute atomic E-state index is 0.241. The lowest BCUT2D eigenvalue weighted by atomic mass is 10.1. The molecule has 1 fully saturated rings. The second-order valence-electron chi connectivity index (χ2n) is 3.28. The summed E-state index contributed by atoms with van der Waals surface area (Å²) in [6, 6.07) is 0. The molecule has 3 heteroatoms. The van der Waals surface area contributed by atoms with E-state index in [1.807, 2.05) is 13.0 Å². The fraction of sp³-hybridized carbons (Fsp3) is 0.700. The molecule has 0 spiro atoms. The third-order valence-electron chi connectivity index (χ3n) is 2.25. The van der Waals surface area contributed by atoms with Crippen LogP contribution in [0, 0.1) is 5.92 Å². The normalized spacial score (nSPS) is 19.1. The number of hydrogen-bond donors (Lipinski definition) is 0. The van der Waals surface area contributed by atoms with Gasteiger partial charge in [0.25, 0.3) is 0 Å². The Morgan fingerprint density at radius 3 is 2.69 bits per heavy atom. The standard InChI is InChI=1S/C10H15BrO2/c1-2-13-10(12)9(11)7-8-5-3-4-6-8/h7-8H,2-6H2,1H3/b9-7-. The Morgan fingerprint density at radius 2 is 2.15 bits per heavy atom. The number of esters is 1. The molecule has 0 saturated heterocycles. The fourth-order valence-corrected chi connectivity index (χ4v) is 2.09. The van der Waals surface area contributed by atoms with Crippen LogP contribution in [0.4, 0.5) is 0 Å². The van der Waals surface area contributed by atoms with Crippen LogP contribution in [0.1, 0.15) is 32.6 Å². The molecule has 0 atom stereocenters. The van der Waals surface area contributed by atoms with E-state index in [0.29, 0.717) is 17.0 Å². The van der Waals surface area contributed by atoms with Gasteiger partial charge in [0.2, 0.25) is 0 Å². The maximum absolute atomic E-state index is 11.2. The second kappa shape index (κ2) is 5.43. The molecule has 1 aliphatic carbocycles. The van der Waals surface area contributed by atoms with Crippen LogP contribution < -0.4 is 0 Å². The first-order valence-electron chi connectivity index (χ1n) is 4.78. The van der Waals surface area contributed by atoms with Gasteiger partial charge in [-0.2, -0.15) is 0 Å². The number of carbonyl (C=O) groups excluding carboxylic acids is 1. The van der Waals surface area contributed by atoms with Crippen molar-refractivity contribution >= 4 is 21.9 Å². The van der Waals surface area contributed by atoms with Gasteiger partial charge in [0.05, 0.1) is 11.1 Å². The number of ether oxygens (including phenoxy) is 1. The van der Waals surface area contributed by atoms with E-state index in [0.717, 1.165) is 0 Å². The quantitative estimate of drug-likeness (QED) is 0.566. The van der Waals surface area contributed by atoms with E-state index in [9.17, 15) is 4.79 Å². The number of allylic oxidation sites excluding steroid dienone is 1. The van der Waals surface area contributed by atoms with Crippen molar-refractivity contribution in [2.45, 2.75) is 32.6 Å². The molecular weight excluding hydrogens is 232 g/mol. The highest BCUT2D eigenvalue weighted by molar-refractivity contribution is 9.12. The van der Waals surface area contributed by atoms with Gasteiger partial charge in [0, 0.05) is 0 Å². The van der Waals surface area contributed by atoms with Gasteiger partial charge in [-0.15, -0.1) is 0 Å². The van der Waals surface area contributed by atoms with Crippen LogP contribution in [0.15, 0.2) is 10.6 Å². The van der Waals surface area contributed by atoms with Crippen LogP contribution in [-0.2, 0) is 9.53 Å². The Kier molecular flexibility index (Phi) is 4.50. The predicted molar refractivity (Wildman–Crippen MR) is 55.6 cm³/mol. The first kappa shape index (κ1) is 10.8. The van der Waals surface area contributed by atoms with Gasteiger partial charge in [-0.3, -0.25) is 0 Å². The van der Waals surface area contributed by atoms with E-state index in [1.165, 1.54) is 25.7 Å². The van der Waals surface area contributed by atoms with E-state index in [4.69, 9.17) is 4.74 Å². The molecule has 0 aromatic heterocycles. The van der Waals surface area contributed by atoms with Crippen molar-refractivity contribution in [3.63, 3.8) is 0 Å². The van der Waals surface area contributed by atoms with Crippen LogP contribution in [0.25, 0.3) is 0 Å². The molecule has 0 aliphatic heterocycles. The summed E-state index contributed by atoms with van der Waals surface area (Å²) in [5.74, 6) is 0.327. The number of carbonyl (C=O) groups is 1. The van der Waals surface area contributed by atoms with Crippen LogP contribution >= 0.6 is 15.9 Å². The number of halogens is 1. The maximum Gasteiger partial charge on any atom is 0.344 e. The summed E-state index contributed by atoms with van der Waals surface area (Å²) in [5, 5.41) is 0. The van der Waals surface area contributed by atoms with Gasteiger partial charge in [-0.25, -0.2) is 4.79 Å². The molecule has 0 unspecified atom stereocenters. The zero-order valence-electron chi connectivity index (χ0n) is 7.88. The molecule has 0 N–H and O–H groups in total. The SMILES string of the molecule is CCOC(=O)/C(Br)=C/C1CCCC1. The van der Waals surface area contributed by atoms with Crippen molar-refractivity contribution in [3.05, 3.63) is 10.6 Å². The third-order valence-corrected chi connectivity index (χ3v) is 2.84. The van der Waals surface area contributed by atoms with E-state index in [2.05, 4.69) is 15.9 Å². The van der Waals surface area contributed by atoms with Crippen molar-refractivity contribution in [2.24, 2.45) is 5.92 Å². The van der Waals surface area contributed by atoms with E-state index < -0.39 is 0 Å². The van der Waals surface area contributed by atoms with Gasteiger partial charge in [-0.1, -0.05) is 18.9 Å². The van der Waals surface area contributed by atoms with Crippen LogP contribution in [0.5, 0.6) is 0 Å². The first-order valence-corrected chi connectivity index (χ1v) is 5.57. The Hall–Kier alpha value is -0.310. The minimum Gasteiger partial charge on any atom is -0.462 e. The molecule has 74 valence electrons. The number of hydrogen-bond acceptors (Lipinski definition) is 2. The highest BCUT2D eigenvalue weighted by Crippen LogP contribution is 2.28. The molecule has 2 nitrogen and oxygen atoms in total. The fourth-order valence-electron chi connectivity index (χ4n) is 1.60. The summed E-state index contributed by atoms with van der Waals surface area (Å²) >= 11 is 3.24. The minimum atomic E-state index is -0.241. The van der Waals surface area contributed by atoms with Crippen molar-refractivity contribution in [2.75, 3.05) is 6.61 Å². The average molecular weight is 247 g/mol. The van der Waals surface area contributed by atoms with Gasteiger partial charge in [-0.05, 0) is 41.6 Å². The van der Waals surface area contributed by atoms with Gasteiger partial charge >= 0.3 is 5.97 Å². The van der Waals surface area contributed by atoms with E-state index in [-0.39, 0.29) is 5.97 Å². The summed E-state index contributed by atoms with van der Waals surface area (Å²) in [4.78, 5) is 11.2. The smallest absolute Gasteiger partial charge is 0.344 e. The molecule has 1 rings (SSSR count). The van der Waals surface area contributed by atoms with Crippen molar-refractivity contribution in [1.29, 1.82) is 0 Å². The van der Waals surface area contributed by atoms with Crippen LogP contribution in [0.3, 0.4) is 0 Å². The second-order valence-corrected chi connectivity index (χ2v) is 4.13. The molecule has 1 aliphatic rings. The first-order chi connectivity index (χ1) is 6.24. The molecule has 0 bridgehead atoms. The molecule has 0 aromatic carbocycles. The van der Waals surface area contributed by atoms with Gasteiger partial charge in [0.15, 0.2) is 0 Å². The zero-order chi connectivity index (χ0) is 9.68. The zero-order valence-corrected chi connectivity index (χ0v) is 9.47. The Morgan fingerprint density at radius 1 is 1.54 bits per heavy atom. The summed E-state index contributed by atoms with van der Waals surface area (Å²) in [5.41, 5.74) is 0. The average Bonchev–Trinajstić information content (AvgIpc) is 2.57.